The SMILES string of the molecule is COC(=O)C(CC(=O)CCl)(NC(C)=O)C(=O)OC. The second-order valence-corrected chi connectivity index (χ2v) is 3.69. The molecule has 102 valence electrons. The highest BCUT2D eigenvalue weighted by Crippen LogP contribution is 2.16. The first-order chi connectivity index (χ1) is 8.33. The van der Waals surface area contributed by atoms with Crippen LogP contribution in [0.3, 0.4) is 0 Å². The van der Waals surface area contributed by atoms with E-state index in [1.165, 1.54) is 0 Å². The maximum Gasteiger partial charge on any atom is 0.343 e. The number of ether oxygens (including phenoxy) is 2. The van der Waals surface area contributed by atoms with Crippen molar-refractivity contribution < 1.29 is 28.7 Å². The molecule has 0 radical (unpaired) electrons. The van der Waals surface area contributed by atoms with Crippen LogP contribution in [0.5, 0.6) is 0 Å². The average Bonchev–Trinajstić information content (AvgIpc) is 2.34. The molecule has 7 nitrogen and oxygen atoms in total. The van der Waals surface area contributed by atoms with Gasteiger partial charge in [-0.1, -0.05) is 0 Å². The van der Waals surface area contributed by atoms with E-state index < -0.39 is 41.5 Å². The fourth-order valence-electron chi connectivity index (χ4n) is 1.37. The predicted octanol–water partition coefficient (Wildman–Crippen LogP) is -0.595. The number of hydrogen-bond acceptors (Lipinski definition) is 6. The van der Waals surface area contributed by atoms with Gasteiger partial charge in [0.15, 0.2) is 5.78 Å². The number of rotatable bonds is 6. The third-order valence-electron chi connectivity index (χ3n) is 2.07. The Bertz CT molecular complexity index is 351. The predicted molar refractivity (Wildman–Crippen MR) is 60.9 cm³/mol. The van der Waals surface area contributed by atoms with Crippen LogP contribution in [-0.4, -0.2) is 49.3 Å². The molecule has 18 heavy (non-hydrogen) atoms. The van der Waals surface area contributed by atoms with Crippen LogP contribution in [0.15, 0.2) is 0 Å². The fourth-order valence-corrected chi connectivity index (χ4v) is 1.46. The lowest BCUT2D eigenvalue weighted by Crippen LogP contribution is -2.61. The van der Waals surface area contributed by atoms with E-state index in [-0.39, 0.29) is 0 Å². The van der Waals surface area contributed by atoms with Crippen LogP contribution in [0.25, 0.3) is 0 Å². The van der Waals surface area contributed by atoms with Crippen molar-refractivity contribution >= 4 is 35.2 Å². The van der Waals surface area contributed by atoms with Crippen LogP contribution in [0.4, 0.5) is 0 Å². The number of hydrogen-bond donors (Lipinski definition) is 1. The van der Waals surface area contributed by atoms with Crippen LogP contribution in [0.1, 0.15) is 13.3 Å². The molecule has 0 spiro atoms. The van der Waals surface area contributed by atoms with Crippen LogP contribution in [-0.2, 0) is 28.7 Å². The molecule has 0 aromatic carbocycles. The van der Waals surface area contributed by atoms with Crippen LogP contribution >= 0.6 is 11.6 Å². The van der Waals surface area contributed by atoms with E-state index in [9.17, 15) is 19.2 Å². The Morgan fingerprint density at radius 2 is 1.56 bits per heavy atom. The van der Waals surface area contributed by atoms with Crippen molar-refractivity contribution in [2.75, 3.05) is 20.1 Å². The monoisotopic (exact) mass is 279 g/mol. The molecule has 0 aromatic heterocycles. The molecule has 0 aliphatic heterocycles. The van der Waals surface area contributed by atoms with E-state index >= 15 is 0 Å². The van der Waals surface area contributed by atoms with E-state index in [1.807, 2.05) is 0 Å². The number of esters is 2. The summed E-state index contributed by atoms with van der Waals surface area (Å²) in [5, 5.41) is 2.09. The lowest BCUT2D eigenvalue weighted by Gasteiger charge is -2.27. The summed E-state index contributed by atoms with van der Waals surface area (Å²) in [6.45, 7) is 1.09. The van der Waals surface area contributed by atoms with Gasteiger partial charge in [-0.3, -0.25) is 9.59 Å². The summed E-state index contributed by atoms with van der Waals surface area (Å²) in [5.41, 5.74) is -2.19. The normalized spacial score (nSPS) is 10.4. The summed E-state index contributed by atoms with van der Waals surface area (Å²) in [4.78, 5) is 45.8. The van der Waals surface area contributed by atoms with Gasteiger partial charge in [-0.15, -0.1) is 11.6 Å². The van der Waals surface area contributed by atoms with Crippen LogP contribution < -0.4 is 5.32 Å². The maximum atomic E-state index is 11.7. The summed E-state index contributed by atoms with van der Waals surface area (Å²) in [6.07, 6.45) is -0.630. The highest BCUT2D eigenvalue weighted by Gasteiger charge is 2.50. The zero-order valence-corrected chi connectivity index (χ0v) is 11.0. The molecular formula is C10H14ClNO6. The Balaban J connectivity index is 5.52. The molecule has 8 heteroatoms. The topological polar surface area (TPSA) is 98.8 Å². The Morgan fingerprint density at radius 3 is 1.83 bits per heavy atom. The van der Waals surface area contributed by atoms with Crippen molar-refractivity contribution in [3.8, 4) is 0 Å². The van der Waals surface area contributed by atoms with Crippen LogP contribution in [0, 0.1) is 0 Å². The Kier molecular flexibility index (Phi) is 6.32. The number of ketones is 1. The van der Waals surface area contributed by atoms with Gasteiger partial charge in [0, 0.05) is 6.92 Å². The first-order valence-corrected chi connectivity index (χ1v) is 5.40. The molecule has 0 atom stereocenters. The number of amides is 1. The molecular weight excluding hydrogens is 266 g/mol. The van der Waals surface area contributed by atoms with E-state index in [1.54, 1.807) is 0 Å². The number of methoxy groups -OCH3 is 2. The quantitative estimate of drug-likeness (QED) is 0.396. The van der Waals surface area contributed by atoms with Crippen molar-refractivity contribution in [2.45, 2.75) is 18.9 Å². The third-order valence-corrected chi connectivity index (χ3v) is 2.37. The zero-order valence-electron chi connectivity index (χ0n) is 10.2. The number of nitrogens with one attached hydrogen (secondary N) is 1. The molecule has 0 rings (SSSR count). The summed E-state index contributed by atoms with van der Waals surface area (Å²) < 4.78 is 8.87. The Labute approximate surface area is 109 Å². The van der Waals surface area contributed by atoms with Gasteiger partial charge >= 0.3 is 11.9 Å². The highest BCUT2D eigenvalue weighted by molar-refractivity contribution is 6.28. The van der Waals surface area contributed by atoms with Crippen molar-refractivity contribution in [3.05, 3.63) is 0 Å². The summed E-state index contributed by atoms with van der Waals surface area (Å²) in [5.74, 6) is -3.89. The lowest BCUT2D eigenvalue weighted by atomic mass is 9.93. The van der Waals surface area contributed by atoms with Crippen molar-refractivity contribution in [1.29, 1.82) is 0 Å². The van der Waals surface area contributed by atoms with Gasteiger partial charge in [-0.25, -0.2) is 9.59 Å². The molecule has 1 N–H and O–H groups in total. The summed E-state index contributed by atoms with van der Waals surface area (Å²) in [7, 11) is 2.04. The second kappa shape index (κ2) is 6.95. The number of carbonyl (C=O) groups excluding carboxylic acids is 4. The minimum Gasteiger partial charge on any atom is -0.467 e. The minimum atomic E-state index is -2.19. The highest BCUT2D eigenvalue weighted by atomic mass is 35.5. The van der Waals surface area contributed by atoms with E-state index in [0.29, 0.717) is 0 Å². The van der Waals surface area contributed by atoms with Gasteiger partial charge in [0.1, 0.15) is 0 Å². The Morgan fingerprint density at radius 1 is 1.11 bits per heavy atom. The molecule has 0 aliphatic carbocycles. The number of carbonyl (C=O) groups is 4. The van der Waals surface area contributed by atoms with E-state index in [4.69, 9.17) is 11.6 Å². The largest absolute Gasteiger partial charge is 0.467 e. The second-order valence-electron chi connectivity index (χ2n) is 3.42. The number of halogens is 1. The molecule has 0 aliphatic rings. The van der Waals surface area contributed by atoms with Gasteiger partial charge in [-0.2, -0.15) is 0 Å². The number of alkyl halides is 1. The zero-order chi connectivity index (χ0) is 14.3. The number of Topliss-reactive ketones (excluding diaryl/α,β-unsaturated/α-hetero) is 1. The molecule has 0 bridgehead atoms. The molecule has 0 fully saturated rings. The van der Waals surface area contributed by atoms with Gasteiger partial charge in [-0.05, 0) is 0 Å². The molecule has 0 aromatic rings. The molecule has 0 unspecified atom stereocenters. The van der Waals surface area contributed by atoms with Gasteiger partial charge < -0.3 is 14.8 Å². The van der Waals surface area contributed by atoms with Gasteiger partial charge in [0.25, 0.3) is 0 Å². The summed E-state index contributed by atoms with van der Waals surface area (Å²) >= 11 is 5.32. The third kappa shape index (κ3) is 3.69. The standard InChI is InChI=1S/C10H14ClNO6/c1-6(13)12-10(8(15)17-2,9(16)18-3)4-7(14)5-11/h4-5H2,1-3H3,(H,12,13). The first kappa shape index (κ1) is 16.4. The molecule has 0 heterocycles. The van der Waals surface area contributed by atoms with Gasteiger partial charge in [0.05, 0.1) is 26.5 Å². The van der Waals surface area contributed by atoms with Crippen molar-refractivity contribution in [1.82, 2.24) is 5.32 Å². The van der Waals surface area contributed by atoms with E-state index in [2.05, 4.69) is 14.8 Å². The summed E-state index contributed by atoms with van der Waals surface area (Å²) in [6, 6.07) is 0. The smallest absolute Gasteiger partial charge is 0.343 e. The van der Waals surface area contributed by atoms with Crippen LogP contribution in [0.2, 0.25) is 0 Å². The van der Waals surface area contributed by atoms with E-state index in [0.717, 1.165) is 21.1 Å². The molecule has 1 amide bonds. The average molecular weight is 280 g/mol. The lowest BCUT2D eigenvalue weighted by molar-refractivity contribution is -0.166. The Hall–Kier alpha value is -1.63. The van der Waals surface area contributed by atoms with Crippen molar-refractivity contribution in [3.63, 3.8) is 0 Å². The molecule has 0 saturated heterocycles. The first-order valence-electron chi connectivity index (χ1n) is 4.87. The molecule has 0 saturated carbocycles. The fraction of sp³-hybridized carbons (Fsp3) is 0.600. The van der Waals surface area contributed by atoms with Crippen molar-refractivity contribution in [2.24, 2.45) is 0 Å². The van der Waals surface area contributed by atoms with Gasteiger partial charge in [0.2, 0.25) is 11.4 Å². The maximum absolute atomic E-state index is 11.7. The minimum absolute atomic E-state index is 0.407.